The van der Waals surface area contributed by atoms with Crippen molar-refractivity contribution in [1.82, 2.24) is 0 Å². The van der Waals surface area contributed by atoms with Crippen LogP contribution in [0.2, 0.25) is 0 Å². The molecule has 7 heteroatoms. The standard InChI is InChI=1S/C20H25F3O4/c1-19(2,3)18(26-15-9-11-4-5-12(15)8-11)27-16-10-13(17(24)25)6-7-14(16)20(21,22)23/h6-7,10-12,15,18H,4-5,8-9H2,1-3H3,(H,24,25). The van der Waals surface area contributed by atoms with Crippen LogP contribution < -0.4 is 4.74 Å². The lowest BCUT2D eigenvalue weighted by molar-refractivity contribution is -0.186. The molecule has 0 saturated heterocycles. The monoisotopic (exact) mass is 386 g/mol. The third-order valence-electron chi connectivity index (χ3n) is 5.45. The van der Waals surface area contributed by atoms with E-state index in [1.54, 1.807) is 0 Å². The summed E-state index contributed by atoms with van der Waals surface area (Å²) in [6, 6.07) is 2.60. The van der Waals surface area contributed by atoms with Gasteiger partial charge in [0, 0.05) is 5.41 Å². The Labute approximate surface area is 156 Å². The molecule has 0 aromatic heterocycles. The van der Waals surface area contributed by atoms with Gasteiger partial charge in [-0.05, 0) is 55.7 Å². The molecule has 0 aliphatic heterocycles. The van der Waals surface area contributed by atoms with Crippen molar-refractivity contribution in [2.24, 2.45) is 17.3 Å². The van der Waals surface area contributed by atoms with E-state index in [-0.39, 0.29) is 11.7 Å². The fourth-order valence-corrected chi connectivity index (χ4v) is 4.02. The Morgan fingerprint density at radius 1 is 1.19 bits per heavy atom. The first-order valence-corrected chi connectivity index (χ1v) is 9.22. The number of hydrogen-bond acceptors (Lipinski definition) is 3. The minimum absolute atomic E-state index is 0.0232. The van der Waals surface area contributed by atoms with Crippen LogP contribution in [-0.2, 0) is 10.9 Å². The number of hydrogen-bond donors (Lipinski definition) is 1. The Morgan fingerprint density at radius 2 is 1.89 bits per heavy atom. The number of rotatable bonds is 5. The predicted molar refractivity (Wildman–Crippen MR) is 92.6 cm³/mol. The van der Waals surface area contributed by atoms with Crippen molar-refractivity contribution >= 4 is 5.97 Å². The summed E-state index contributed by atoms with van der Waals surface area (Å²) in [5.41, 5.74) is -1.84. The van der Waals surface area contributed by atoms with E-state index in [1.165, 1.54) is 6.42 Å². The number of halogens is 3. The first-order valence-electron chi connectivity index (χ1n) is 9.22. The second-order valence-electron chi connectivity index (χ2n) is 8.68. The van der Waals surface area contributed by atoms with Gasteiger partial charge in [0.1, 0.15) is 5.75 Å². The number of fused-ring (bicyclic) bond motifs is 2. The fourth-order valence-electron chi connectivity index (χ4n) is 4.02. The number of ether oxygens (including phenoxy) is 2. The van der Waals surface area contributed by atoms with Crippen molar-refractivity contribution in [1.29, 1.82) is 0 Å². The number of carboxylic acids is 1. The maximum absolute atomic E-state index is 13.4. The first-order chi connectivity index (χ1) is 12.4. The molecule has 4 unspecified atom stereocenters. The molecule has 2 bridgehead atoms. The highest BCUT2D eigenvalue weighted by Gasteiger charge is 2.44. The summed E-state index contributed by atoms with van der Waals surface area (Å²) >= 11 is 0. The molecule has 3 rings (SSSR count). The molecule has 27 heavy (non-hydrogen) atoms. The lowest BCUT2D eigenvalue weighted by atomic mass is 9.94. The van der Waals surface area contributed by atoms with Gasteiger partial charge in [0.25, 0.3) is 0 Å². The Hall–Kier alpha value is -1.76. The smallest absolute Gasteiger partial charge is 0.419 e. The van der Waals surface area contributed by atoms with Crippen LogP contribution >= 0.6 is 0 Å². The zero-order valence-electron chi connectivity index (χ0n) is 15.7. The number of carbonyl (C=O) groups is 1. The average molecular weight is 386 g/mol. The van der Waals surface area contributed by atoms with Gasteiger partial charge in [-0.1, -0.05) is 20.8 Å². The molecule has 1 aromatic rings. The molecule has 1 aromatic carbocycles. The summed E-state index contributed by atoms with van der Waals surface area (Å²) in [5.74, 6) is -0.766. The SMILES string of the molecule is CC(C)(C)C(Oc1cc(C(=O)O)ccc1C(F)(F)F)OC1CC2CCC1C2. The van der Waals surface area contributed by atoms with E-state index in [0.29, 0.717) is 11.8 Å². The highest BCUT2D eigenvalue weighted by atomic mass is 19.4. The molecule has 0 radical (unpaired) electrons. The van der Waals surface area contributed by atoms with Crippen LogP contribution in [0, 0.1) is 17.3 Å². The van der Waals surface area contributed by atoms with Crippen LogP contribution in [0.15, 0.2) is 18.2 Å². The Bertz CT molecular complexity index is 708. The van der Waals surface area contributed by atoms with E-state index >= 15 is 0 Å². The summed E-state index contributed by atoms with van der Waals surface area (Å²) in [6.45, 7) is 5.50. The van der Waals surface area contributed by atoms with Crippen molar-refractivity contribution in [3.8, 4) is 5.75 Å². The number of alkyl halides is 3. The summed E-state index contributed by atoms with van der Waals surface area (Å²) in [7, 11) is 0. The average Bonchev–Trinajstić information content (AvgIpc) is 3.15. The topological polar surface area (TPSA) is 55.8 Å². The molecule has 4 atom stereocenters. The van der Waals surface area contributed by atoms with Crippen molar-refractivity contribution in [3.05, 3.63) is 29.3 Å². The highest BCUT2D eigenvalue weighted by Crippen LogP contribution is 2.47. The van der Waals surface area contributed by atoms with Gasteiger partial charge in [-0.25, -0.2) is 4.79 Å². The van der Waals surface area contributed by atoms with E-state index in [9.17, 15) is 18.0 Å². The van der Waals surface area contributed by atoms with Gasteiger partial charge >= 0.3 is 12.1 Å². The van der Waals surface area contributed by atoms with Crippen LogP contribution in [0.1, 0.15) is 62.4 Å². The zero-order chi connectivity index (χ0) is 20.0. The van der Waals surface area contributed by atoms with Gasteiger partial charge < -0.3 is 14.6 Å². The van der Waals surface area contributed by atoms with Gasteiger partial charge in [0.05, 0.1) is 17.2 Å². The number of carboxylic acid groups (broad SMARTS) is 1. The van der Waals surface area contributed by atoms with E-state index in [4.69, 9.17) is 14.6 Å². The van der Waals surface area contributed by atoms with Crippen molar-refractivity contribution < 1.29 is 32.5 Å². The third-order valence-corrected chi connectivity index (χ3v) is 5.45. The fraction of sp³-hybridized carbons (Fsp3) is 0.650. The Balaban J connectivity index is 1.88. The largest absolute Gasteiger partial charge is 0.478 e. The van der Waals surface area contributed by atoms with Crippen LogP contribution in [0.4, 0.5) is 13.2 Å². The summed E-state index contributed by atoms with van der Waals surface area (Å²) in [6.07, 6.45) is -1.32. The van der Waals surface area contributed by atoms with Crippen molar-refractivity contribution in [2.45, 2.75) is 65.0 Å². The molecule has 0 heterocycles. The van der Waals surface area contributed by atoms with Gasteiger partial charge in [0.15, 0.2) is 0 Å². The Kier molecular flexibility index (Phi) is 5.18. The van der Waals surface area contributed by atoms with E-state index in [0.717, 1.165) is 37.5 Å². The zero-order valence-corrected chi connectivity index (χ0v) is 15.7. The second kappa shape index (κ2) is 7.00. The molecule has 2 saturated carbocycles. The van der Waals surface area contributed by atoms with Crippen LogP contribution in [0.25, 0.3) is 0 Å². The van der Waals surface area contributed by atoms with Gasteiger partial charge in [0.2, 0.25) is 6.29 Å². The molecule has 2 aliphatic rings. The maximum Gasteiger partial charge on any atom is 0.419 e. The second-order valence-corrected chi connectivity index (χ2v) is 8.68. The number of benzene rings is 1. The molecule has 2 aliphatic carbocycles. The van der Waals surface area contributed by atoms with Crippen LogP contribution in [0.5, 0.6) is 5.75 Å². The molecular weight excluding hydrogens is 361 g/mol. The highest BCUT2D eigenvalue weighted by molar-refractivity contribution is 5.88. The molecule has 0 spiro atoms. The lowest BCUT2D eigenvalue weighted by Crippen LogP contribution is -2.40. The summed E-state index contributed by atoms with van der Waals surface area (Å²) in [4.78, 5) is 11.2. The Morgan fingerprint density at radius 3 is 2.37 bits per heavy atom. The van der Waals surface area contributed by atoms with Crippen LogP contribution in [0.3, 0.4) is 0 Å². The van der Waals surface area contributed by atoms with E-state index in [1.807, 2.05) is 20.8 Å². The minimum atomic E-state index is -4.65. The first kappa shape index (κ1) is 20.0. The normalized spacial score (nSPS) is 26.2. The molecule has 2 fully saturated rings. The van der Waals surface area contributed by atoms with E-state index < -0.39 is 35.2 Å². The van der Waals surface area contributed by atoms with Gasteiger partial charge in [-0.15, -0.1) is 0 Å². The molecule has 1 N–H and O–H groups in total. The van der Waals surface area contributed by atoms with Gasteiger partial charge in [-0.3, -0.25) is 0 Å². The van der Waals surface area contributed by atoms with Crippen LogP contribution in [-0.4, -0.2) is 23.5 Å². The molecule has 0 amide bonds. The molecule has 4 nitrogen and oxygen atoms in total. The quantitative estimate of drug-likeness (QED) is 0.692. The minimum Gasteiger partial charge on any atom is -0.478 e. The summed E-state index contributed by atoms with van der Waals surface area (Å²) in [5, 5.41) is 9.13. The third kappa shape index (κ3) is 4.39. The van der Waals surface area contributed by atoms with Crippen molar-refractivity contribution in [2.75, 3.05) is 0 Å². The van der Waals surface area contributed by atoms with Crippen molar-refractivity contribution in [3.63, 3.8) is 0 Å². The lowest BCUT2D eigenvalue weighted by Gasteiger charge is -2.36. The number of aromatic carboxylic acids is 1. The molecular formula is C20H25F3O4. The van der Waals surface area contributed by atoms with E-state index in [2.05, 4.69) is 0 Å². The van der Waals surface area contributed by atoms with Gasteiger partial charge in [-0.2, -0.15) is 13.2 Å². The predicted octanol–water partition coefficient (Wildman–Crippen LogP) is 5.36. The maximum atomic E-state index is 13.4. The molecule has 150 valence electrons. The summed E-state index contributed by atoms with van der Waals surface area (Å²) < 4.78 is 52.0.